The number of benzene rings is 1. The molecule has 0 bridgehead atoms. The minimum Gasteiger partial charge on any atom is -0.276 e. The van der Waals surface area contributed by atoms with Crippen LogP contribution in [-0.2, 0) is 9.59 Å². The summed E-state index contributed by atoms with van der Waals surface area (Å²) in [5.41, 5.74) is 0.650. The van der Waals surface area contributed by atoms with E-state index >= 15 is 0 Å². The van der Waals surface area contributed by atoms with Crippen molar-refractivity contribution in [2.75, 3.05) is 4.90 Å². The molecule has 3 rings (SSSR count). The standard InChI is InChI=1S/C15H16N2O3/c1-9(2)10-3-5-11(6-4-10)17-13(19)15(7-8-15)12(18)16-14(17)20/h3-6,9H,7-8H2,1-2H3,(H,16,18,20). The highest BCUT2D eigenvalue weighted by atomic mass is 16.2. The second-order valence-electron chi connectivity index (χ2n) is 5.73. The number of carbonyl (C=O) groups is 3. The summed E-state index contributed by atoms with van der Waals surface area (Å²) in [6.45, 7) is 4.15. The van der Waals surface area contributed by atoms with E-state index in [2.05, 4.69) is 19.2 Å². The van der Waals surface area contributed by atoms with Crippen LogP contribution in [0, 0.1) is 5.41 Å². The summed E-state index contributed by atoms with van der Waals surface area (Å²) in [6, 6.07) is 6.64. The molecule has 0 unspecified atom stereocenters. The van der Waals surface area contributed by atoms with E-state index in [0.717, 1.165) is 10.5 Å². The summed E-state index contributed by atoms with van der Waals surface area (Å²) >= 11 is 0. The SMILES string of the molecule is CC(C)c1ccc(N2C(=O)NC(=O)C3(CC3)C2=O)cc1. The van der Waals surface area contributed by atoms with Gasteiger partial charge in [0.25, 0.3) is 5.91 Å². The molecule has 1 aliphatic heterocycles. The molecule has 1 N–H and O–H groups in total. The number of carbonyl (C=O) groups excluding carboxylic acids is 3. The highest BCUT2D eigenvalue weighted by molar-refractivity contribution is 6.31. The lowest BCUT2D eigenvalue weighted by Crippen LogP contribution is -2.59. The summed E-state index contributed by atoms with van der Waals surface area (Å²) in [5.74, 6) is -0.475. The maximum atomic E-state index is 12.4. The molecule has 0 radical (unpaired) electrons. The molecule has 4 amide bonds. The highest BCUT2D eigenvalue weighted by Crippen LogP contribution is 2.49. The maximum absolute atomic E-state index is 12.4. The summed E-state index contributed by atoms with van der Waals surface area (Å²) in [4.78, 5) is 37.1. The van der Waals surface area contributed by atoms with E-state index < -0.39 is 23.3 Å². The van der Waals surface area contributed by atoms with E-state index in [1.165, 1.54) is 0 Å². The lowest BCUT2D eigenvalue weighted by molar-refractivity contribution is -0.136. The normalized spacial score (nSPS) is 20.6. The molecule has 1 heterocycles. The first-order valence-corrected chi connectivity index (χ1v) is 6.76. The Morgan fingerprint density at radius 1 is 1.10 bits per heavy atom. The van der Waals surface area contributed by atoms with Crippen LogP contribution in [0.4, 0.5) is 10.5 Å². The molecule has 104 valence electrons. The monoisotopic (exact) mass is 272 g/mol. The van der Waals surface area contributed by atoms with E-state index in [1.54, 1.807) is 12.1 Å². The number of amides is 4. The Morgan fingerprint density at radius 2 is 1.70 bits per heavy atom. The quantitative estimate of drug-likeness (QED) is 0.839. The fourth-order valence-electron chi connectivity index (χ4n) is 2.48. The van der Waals surface area contributed by atoms with Crippen molar-refractivity contribution in [2.45, 2.75) is 32.6 Å². The zero-order valence-corrected chi connectivity index (χ0v) is 11.5. The number of hydrogen-bond donors (Lipinski definition) is 1. The molecule has 0 aromatic heterocycles. The Morgan fingerprint density at radius 3 is 2.20 bits per heavy atom. The summed E-state index contributed by atoms with van der Waals surface area (Å²) in [6.07, 6.45) is 1.04. The van der Waals surface area contributed by atoms with Gasteiger partial charge >= 0.3 is 6.03 Å². The first kappa shape index (κ1) is 12.8. The molecule has 1 aliphatic carbocycles. The topological polar surface area (TPSA) is 66.5 Å². The molecule has 0 atom stereocenters. The molecule has 20 heavy (non-hydrogen) atoms. The zero-order valence-electron chi connectivity index (χ0n) is 11.5. The predicted molar refractivity (Wildman–Crippen MR) is 73.2 cm³/mol. The summed E-state index contributed by atoms with van der Waals surface area (Å²) in [7, 11) is 0. The third-order valence-electron chi connectivity index (χ3n) is 4.04. The van der Waals surface area contributed by atoms with Crippen molar-refractivity contribution < 1.29 is 14.4 Å². The van der Waals surface area contributed by atoms with Crippen molar-refractivity contribution in [3.8, 4) is 0 Å². The average Bonchev–Trinajstić information content (AvgIpc) is 3.19. The molecule has 2 fully saturated rings. The Hall–Kier alpha value is -2.17. The van der Waals surface area contributed by atoms with Gasteiger partial charge in [-0.25, -0.2) is 9.69 Å². The first-order valence-electron chi connectivity index (χ1n) is 6.76. The van der Waals surface area contributed by atoms with E-state index in [1.807, 2.05) is 12.1 Å². The number of barbiturate groups is 1. The van der Waals surface area contributed by atoms with E-state index in [4.69, 9.17) is 0 Å². The minimum absolute atomic E-state index is 0.381. The minimum atomic E-state index is -0.995. The van der Waals surface area contributed by atoms with Crippen LogP contribution in [0.5, 0.6) is 0 Å². The van der Waals surface area contributed by atoms with Gasteiger partial charge in [-0.05, 0) is 36.5 Å². The predicted octanol–water partition coefficient (Wildman–Crippen LogP) is 2.17. The fraction of sp³-hybridized carbons (Fsp3) is 0.400. The number of hydrogen-bond acceptors (Lipinski definition) is 3. The fourth-order valence-corrected chi connectivity index (χ4v) is 2.48. The van der Waals surface area contributed by atoms with Crippen LogP contribution in [-0.4, -0.2) is 17.8 Å². The Balaban J connectivity index is 1.94. The van der Waals surface area contributed by atoms with Crippen molar-refractivity contribution in [3.05, 3.63) is 29.8 Å². The largest absolute Gasteiger partial charge is 0.335 e. The van der Waals surface area contributed by atoms with E-state index in [0.29, 0.717) is 24.4 Å². The van der Waals surface area contributed by atoms with Crippen molar-refractivity contribution in [3.63, 3.8) is 0 Å². The Bertz CT molecular complexity index is 600. The lowest BCUT2D eigenvalue weighted by Gasteiger charge is -2.30. The summed E-state index contributed by atoms with van der Waals surface area (Å²) in [5, 5.41) is 2.28. The molecule has 1 saturated heterocycles. The second kappa shape index (κ2) is 4.16. The van der Waals surface area contributed by atoms with Crippen molar-refractivity contribution in [2.24, 2.45) is 5.41 Å². The van der Waals surface area contributed by atoms with Crippen LogP contribution in [0.2, 0.25) is 0 Å². The van der Waals surface area contributed by atoms with Crippen LogP contribution >= 0.6 is 0 Å². The number of urea groups is 1. The maximum Gasteiger partial charge on any atom is 0.335 e. The molecule has 1 aromatic rings. The molecule has 5 nitrogen and oxygen atoms in total. The van der Waals surface area contributed by atoms with Gasteiger partial charge in [0.2, 0.25) is 5.91 Å². The molecule has 2 aliphatic rings. The van der Waals surface area contributed by atoms with Gasteiger partial charge in [-0.15, -0.1) is 0 Å². The Labute approximate surface area is 116 Å². The number of imide groups is 2. The number of nitrogens with one attached hydrogen (secondary N) is 1. The van der Waals surface area contributed by atoms with Crippen LogP contribution < -0.4 is 10.2 Å². The van der Waals surface area contributed by atoms with E-state index in [9.17, 15) is 14.4 Å². The van der Waals surface area contributed by atoms with Crippen LogP contribution in [0.25, 0.3) is 0 Å². The van der Waals surface area contributed by atoms with Crippen LogP contribution in [0.15, 0.2) is 24.3 Å². The highest BCUT2D eigenvalue weighted by Gasteiger charge is 2.62. The van der Waals surface area contributed by atoms with Crippen molar-refractivity contribution in [1.29, 1.82) is 0 Å². The third kappa shape index (κ3) is 1.73. The van der Waals surface area contributed by atoms with Crippen LogP contribution in [0.1, 0.15) is 38.2 Å². The van der Waals surface area contributed by atoms with Gasteiger partial charge in [-0.1, -0.05) is 26.0 Å². The molecular formula is C15H16N2O3. The summed E-state index contributed by atoms with van der Waals surface area (Å²) < 4.78 is 0. The second-order valence-corrected chi connectivity index (χ2v) is 5.73. The van der Waals surface area contributed by atoms with E-state index in [-0.39, 0.29) is 0 Å². The van der Waals surface area contributed by atoms with Gasteiger partial charge in [0.1, 0.15) is 5.41 Å². The third-order valence-corrected chi connectivity index (χ3v) is 4.04. The molecule has 1 aromatic carbocycles. The zero-order chi connectivity index (χ0) is 14.5. The molecule has 1 spiro atoms. The first-order chi connectivity index (χ1) is 9.45. The van der Waals surface area contributed by atoms with Gasteiger partial charge < -0.3 is 0 Å². The molecule has 5 heteroatoms. The number of rotatable bonds is 2. The van der Waals surface area contributed by atoms with Crippen molar-refractivity contribution >= 4 is 23.5 Å². The lowest BCUT2D eigenvalue weighted by atomic mass is 10.00. The van der Waals surface area contributed by atoms with Crippen LogP contribution in [0.3, 0.4) is 0 Å². The molecular weight excluding hydrogens is 256 g/mol. The van der Waals surface area contributed by atoms with Crippen molar-refractivity contribution in [1.82, 2.24) is 5.32 Å². The van der Waals surface area contributed by atoms with Gasteiger partial charge in [0, 0.05) is 0 Å². The number of nitrogens with zero attached hydrogens (tertiary/aromatic N) is 1. The average molecular weight is 272 g/mol. The van der Waals surface area contributed by atoms with Gasteiger partial charge in [-0.2, -0.15) is 0 Å². The Kier molecular flexibility index (Phi) is 2.67. The smallest absolute Gasteiger partial charge is 0.276 e. The van der Waals surface area contributed by atoms with Gasteiger partial charge in [-0.3, -0.25) is 14.9 Å². The number of anilines is 1. The molecule has 1 saturated carbocycles. The van der Waals surface area contributed by atoms with Gasteiger partial charge in [0.05, 0.1) is 5.69 Å². The van der Waals surface area contributed by atoms with Gasteiger partial charge in [0.15, 0.2) is 0 Å².